The molecule has 1 atom stereocenters. The second kappa shape index (κ2) is 5.43. The fourth-order valence-electron chi connectivity index (χ4n) is 2.42. The third kappa shape index (κ3) is 3.04. The van der Waals surface area contributed by atoms with Gasteiger partial charge in [-0.1, -0.05) is 19.3 Å². The van der Waals surface area contributed by atoms with Crippen molar-refractivity contribution < 1.29 is 14.3 Å². The highest BCUT2D eigenvalue weighted by Crippen LogP contribution is 2.23. The maximum atomic E-state index is 11.6. The van der Waals surface area contributed by atoms with Crippen molar-refractivity contribution in [3.8, 4) is 0 Å². The van der Waals surface area contributed by atoms with Gasteiger partial charge < -0.3 is 4.74 Å². The van der Waals surface area contributed by atoms with Gasteiger partial charge in [-0.25, -0.2) is 0 Å². The van der Waals surface area contributed by atoms with E-state index in [-0.39, 0.29) is 17.9 Å². The molecule has 1 heterocycles. The standard InChI is InChI=1S/C12H19NO3/c14-11-8-4-7-10(12(15)13-11)16-9-5-2-1-3-6-9/h9-10H,1-8H2,(H,13,14,15). The molecule has 2 rings (SSSR count). The summed E-state index contributed by atoms with van der Waals surface area (Å²) in [5.41, 5.74) is 0. The fraction of sp³-hybridized carbons (Fsp3) is 0.833. The van der Waals surface area contributed by atoms with E-state index in [0.717, 1.165) is 19.3 Å². The first-order chi connectivity index (χ1) is 7.75. The van der Waals surface area contributed by atoms with Crippen LogP contribution in [0.2, 0.25) is 0 Å². The average molecular weight is 225 g/mol. The number of carbonyl (C=O) groups is 2. The largest absolute Gasteiger partial charge is 0.365 e. The molecule has 4 heteroatoms. The summed E-state index contributed by atoms with van der Waals surface area (Å²) in [6.45, 7) is 0. The number of carbonyl (C=O) groups excluding carboxylic acids is 2. The van der Waals surface area contributed by atoms with Crippen molar-refractivity contribution in [3.05, 3.63) is 0 Å². The molecule has 2 fully saturated rings. The van der Waals surface area contributed by atoms with Crippen LogP contribution in [0.15, 0.2) is 0 Å². The minimum atomic E-state index is -0.408. The van der Waals surface area contributed by atoms with Gasteiger partial charge in [0, 0.05) is 6.42 Å². The first-order valence-corrected chi connectivity index (χ1v) is 6.25. The highest BCUT2D eigenvalue weighted by atomic mass is 16.5. The number of ether oxygens (including phenoxy) is 1. The summed E-state index contributed by atoms with van der Waals surface area (Å²) >= 11 is 0. The van der Waals surface area contributed by atoms with Crippen LogP contribution in [0.1, 0.15) is 51.4 Å². The van der Waals surface area contributed by atoms with E-state index < -0.39 is 6.10 Å². The van der Waals surface area contributed by atoms with E-state index in [9.17, 15) is 9.59 Å². The molecule has 0 aromatic rings. The monoisotopic (exact) mass is 225 g/mol. The summed E-state index contributed by atoms with van der Waals surface area (Å²) in [5, 5.41) is 2.38. The second-order valence-corrected chi connectivity index (χ2v) is 4.69. The van der Waals surface area contributed by atoms with E-state index in [4.69, 9.17) is 4.74 Å². The Hall–Kier alpha value is -0.900. The van der Waals surface area contributed by atoms with Gasteiger partial charge in [0.15, 0.2) is 0 Å². The highest BCUT2D eigenvalue weighted by molar-refractivity contribution is 5.98. The Kier molecular flexibility index (Phi) is 3.93. The molecule has 1 unspecified atom stereocenters. The zero-order chi connectivity index (χ0) is 11.4. The molecule has 0 aromatic heterocycles. The lowest BCUT2D eigenvalue weighted by Crippen LogP contribution is -2.39. The van der Waals surface area contributed by atoms with Crippen LogP contribution in [-0.2, 0) is 14.3 Å². The van der Waals surface area contributed by atoms with Crippen molar-refractivity contribution in [1.82, 2.24) is 5.32 Å². The Labute approximate surface area is 95.7 Å². The zero-order valence-electron chi connectivity index (χ0n) is 9.54. The fourth-order valence-corrected chi connectivity index (χ4v) is 2.42. The van der Waals surface area contributed by atoms with Crippen molar-refractivity contribution >= 4 is 11.8 Å². The topological polar surface area (TPSA) is 55.4 Å². The van der Waals surface area contributed by atoms with Gasteiger partial charge in [0.05, 0.1) is 6.10 Å². The van der Waals surface area contributed by atoms with Gasteiger partial charge in [-0.3, -0.25) is 14.9 Å². The van der Waals surface area contributed by atoms with Crippen LogP contribution in [0.5, 0.6) is 0 Å². The minimum Gasteiger partial charge on any atom is -0.365 e. The molecule has 0 aromatic carbocycles. The Bertz CT molecular complexity index is 271. The molecule has 2 amide bonds. The van der Waals surface area contributed by atoms with E-state index in [1.807, 2.05) is 0 Å². The first kappa shape index (κ1) is 11.6. The van der Waals surface area contributed by atoms with E-state index in [1.165, 1.54) is 19.3 Å². The van der Waals surface area contributed by atoms with Crippen molar-refractivity contribution in [2.75, 3.05) is 0 Å². The van der Waals surface area contributed by atoms with Gasteiger partial charge in [-0.15, -0.1) is 0 Å². The van der Waals surface area contributed by atoms with Crippen LogP contribution in [0.25, 0.3) is 0 Å². The Balaban J connectivity index is 1.87. The summed E-state index contributed by atoms with van der Waals surface area (Å²) in [7, 11) is 0. The highest BCUT2D eigenvalue weighted by Gasteiger charge is 2.28. The maximum absolute atomic E-state index is 11.6. The van der Waals surface area contributed by atoms with Gasteiger partial charge in [0.25, 0.3) is 5.91 Å². The predicted octanol–water partition coefficient (Wildman–Crippen LogP) is 1.53. The van der Waals surface area contributed by atoms with Crippen molar-refractivity contribution in [1.29, 1.82) is 0 Å². The molecule has 16 heavy (non-hydrogen) atoms. The minimum absolute atomic E-state index is 0.167. The molecule has 1 aliphatic heterocycles. The molecule has 0 radical (unpaired) electrons. The summed E-state index contributed by atoms with van der Waals surface area (Å²) in [4.78, 5) is 22.8. The van der Waals surface area contributed by atoms with Gasteiger partial charge in [0.2, 0.25) is 5.91 Å². The third-order valence-corrected chi connectivity index (χ3v) is 3.33. The SMILES string of the molecule is O=C1CCCC(OC2CCCCC2)C(=O)N1. The summed E-state index contributed by atoms with van der Waals surface area (Å²) in [6, 6.07) is 0. The summed E-state index contributed by atoms with van der Waals surface area (Å²) in [6.07, 6.45) is 7.44. The molecule has 2 aliphatic rings. The smallest absolute Gasteiger partial charge is 0.255 e. The van der Waals surface area contributed by atoms with Crippen molar-refractivity contribution in [2.24, 2.45) is 0 Å². The predicted molar refractivity (Wildman–Crippen MR) is 58.7 cm³/mol. The molecule has 1 saturated carbocycles. The van der Waals surface area contributed by atoms with E-state index in [1.54, 1.807) is 0 Å². The van der Waals surface area contributed by atoms with Crippen molar-refractivity contribution in [3.63, 3.8) is 0 Å². The number of nitrogens with one attached hydrogen (secondary N) is 1. The Morgan fingerprint density at radius 2 is 1.75 bits per heavy atom. The molecule has 0 spiro atoms. The molecule has 0 bridgehead atoms. The normalized spacial score (nSPS) is 28.6. The molecule has 1 saturated heterocycles. The molecule has 1 N–H and O–H groups in total. The van der Waals surface area contributed by atoms with Gasteiger partial charge in [-0.05, 0) is 25.7 Å². The van der Waals surface area contributed by atoms with E-state index in [2.05, 4.69) is 5.32 Å². The van der Waals surface area contributed by atoms with Crippen LogP contribution < -0.4 is 5.32 Å². The quantitative estimate of drug-likeness (QED) is 0.725. The number of hydrogen-bond donors (Lipinski definition) is 1. The first-order valence-electron chi connectivity index (χ1n) is 6.25. The van der Waals surface area contributed by atoms with Gasteiger partial charge >= 0.3 is 0 Å². The van der Waals surface area contributed by atoms with Crippen LogP contribution in [0.3, 0.4) is 0 Å². The number of amides is 2. The lowest BCUT2D eigenvalue weighted by Gasteiger charge is -2.25. The van der Waals surface area contributed by atoms with Crippen LogP contribution in [0.4, 0.5) is 0 Å². The van der Waals surface area contributed by atoms with Crippen LogP contribution in [0, 0.1) is 0 Å². The van der Waals surface area contributed by atoms with Gasteiger partial charge in [-0.2, -0.15) is 0 Å². The Morgan fingerprint density at radius 1 is 1.00 bits per heavy atom. The average Bonchev–Trinajstić information content (AvgIpc) is 2.43. The van der Waals surface area contributed by atoms with E-state index >= 15 is 0 Å². The Morgan fingerprint density at radius 3 is 2.50 bits per heavy atom. The van der Waals surface area contributed by atoms with Crippen molar-refractivity contribution in [2.45, 2.75) is 63.6 Å². The lowest BCUT2D eigenvalue weighted by atomic mass is 9.97. The van der Waals surface area contributed by atoms with E-state index in [0.29, 0.717) is 12.8 Å². The zero-order valence-corrected chi connectivity index (χ0v) is 9.54. The molecule has 1 aliphatic carbocycles. The summed E-state index contributed by atoms with van der Waals surface area (Å²) < 4.78 is 5.81. The third-order valence-electron chi connectivity index (χ3n) is 3.33. The lowest BCUT2D eigenvalue weighted by molar-refractivity contribution is -0.140. The number of imide groups is 1. The molecular weight excluding hydrogens is 206 g/mol. The molecule has 90 valence electrons. The number of hydrogen-bond acceptors (Lipinski definition) is 3. The maximum Gasteiger partial charge on any atom is 0.255 e. The van der Waals surface area contributed by atoms with Gasteiger partial charge in [0.1, 0.15) is 6.10 Å². The molecule has 4 nitrogen and oxygen atoms in total. The van der Waals surface area contributed by atoms with Crippen LogP contribution in [-0.4, -0.2) is 24.0 Å². The van der Waals surface area contributed by atoms with Crippen LogP contribution >= 0.6 is 0 Å². The number of rotatable bonds is 2. The summed E-state index contributed by atoms with van der Waals surface area (Å²) in [5.74, 6) is -0.409. The second-order valence-electron chi connectivity index (χ2n) is 4.69. The molecular formula is C12H19NO3.